The molecule has 4 rings (SSSR count). The van der Waals surface area contributed by atoms with Crippen LogP contribution >= 0.6 is 11.8 Å². The quantitative estimate of drug-likeness (QED) is 0.515. The number of carbonyl (C=O) groups is 2. The maximum atomic E-state index is 13.4. The molecule has 1 heterocycles. The Balaban J connectivity index is 1.84. The van der Waals surface area contributed by atoms with Gasteiger partial charge in [0.1, 0.15) is 5.82 Å². The van der Waals surface area contributed by atoms with Crippen molar-refractivity contribution in [1.82, 2.24) is 0 Å². The van der Waals surface area contributed by atoms with Crippen molar-refractivity contribution in [1.29, 1.82) is 0 Å². The SMILES string of the molecule is COc1ccc(C2=C(Sc3ccccc3)C(=O)N(c3ccc(F)cc3)C2=O)cc1OC. The summed E-state index contributed by atoms with van der Waals surface area (Å²) in [6.07, 6.45) is 0. The van der Waals surface area contributed by atoms with E-state index in [1.54, 1.807) is 18.2 Å². The Morgan fingerprint density at radius 3 is 2.13 bits per heavy atom. The van der Waals surface area contributed by atoms with E-state index in [-0.39, 0.29) is 10.5 Å². The van der Waals surface area contributed by atoms with E-state index < -0.39 is 17.6 Å². The lowest BCUT2D eigenvalue weighted by Gasteiger charge is -2.15. The summed E-state index contributed by atoms with van der Waals surface area (Å²) in [5.74, 6) is -0.444. The van der Waals surface area contributed by atoms with Gasteiger partial charge in [-0.2, -0.15) is 0 Å². The van der Waals surface area contributed by atoms with Gasteiger partial charge in [-0.1, -0.05) is 36.0 Å². The van der Waals surface area contributed by atoms with E-state index in [0.717, 1.165) is 9.80 Å². The van der Waals surface area contributed by atoms with Crippen molar-refractivity contribution in [3.8, 4) is 11.5 Å². The van der Waals surface area contributed by atoms with Gasteiger partial charge in [-0.15, -0.1) is 0 Å². The molecule has 31 heavy (non-hydrogen) atoms. The average Bonchev–Trinajstić information content (AvgIpc) is 3.04. The minimum absolute atomic E-state index is 0.254. The third-order valence-corrected chi connectivity index (χ3v) is 5.85. The van der Waals surface area contributed by atoms with Crippen molar-refractivity contribution >= 4 is 34.8 Å². The molecule has 0 saturated carbocycles. The van der Waals surface area contributed by atoms with Gasteiger partial charge in [0.15, 0.2) is 11.5 Å². The molecular weight excluding hydrogens is 417 g/mol. The zero-order valence-corrected chi connectivity index (χ0v) is 17.6. The summed E-state index contributed by atoms with van der Waals surface area (Å²) in [5, 5.41) is 0. The van der Waals surface area contributed by atoms with E-state index in [0.29, 0.717) is 22.7 Å². The highest BCUT2D eigenvalue weighted by molar-refractivity contribution is 8.04. The number of ether oxygens (including phenoxy) is 2. The maximum Gasteiger partial charge on any atom is 0.272 e. The molecule has 0 aliphatic carbocycles. The summed E-state index contributed by atoms with van der Waals surface area (Å²) in [6, 6.07) is 19.6. The minimum atomic E-state index is -0.484. The number of hydrogen-bond donors (Lipinski definition) is 0. The number of thioether (sulfide) groups is 1. The molecule has 0 saturated heterocycles. The van der Waals surface area contributed by atoms with Gasteiger partial charge in [-0.3, -0.25) is 9.59 Å². The van der Waals surface area contributed by atoms with Crippen LogP contribution in [0.5, 0.6) is 11.5 Å². The molecule has 1 aliphatic rings. The number of carbonyl (C=O) groups excluding carboxylic acids is 2. The molecule has 7 heteroatoms. The average molecular weight is 435 g/mol. The van der Waals surface area contributed by atoms with Gasteiger partial charge in [0, 0.05) is 4.90 Å². The first-order valence-corrected chi connectivity index (χ1v) is 10.2. The van der Waals surface area contributed by atoms with Gasteiger partial charge >= 0.3 is 0 Å². The summed E-state index contributed by atoms with van der Waals surface area (Å²) >= 11 is 1.21. The van der Waals surface area contributed by atoms with Crippen molar-refractivity contribution in [2.24, 2.45) is 0 Å². The third-order valence-electron chi connectivity index (χ3n) is 4.76. The number of amides is 2. The van der Waals surface area contributed by atoms with Crippen LogP contribution in [0.2, 0.25) is 0 Å². The molecule has 5 nitrogen and oxygen atoms in total. The van der Waals surface area contributed by atoms with E-state index in [4.69, 9.17) is 9.47 Å². The topological polar surface area (TPSA) is 55.8 Å². The van der Waals surface area contributed by atoms with Crippen LogP contribution in [0.15, 0.2) is 82.6 Å². The van der Waals surface area contributed by atoms with E-state index in [1.165, 1.54) is 50.2 Å². The van der Waals surface area contributed by atoms with Gasteiger partial charge in [-0.25, -0.2) is 9.29 Å². The number of nitrogens with zero attached hydrogens (tertiary/aromatic N) is 1. The van der Waals surface area contributed by atoms with Gasteiger partial charge in [0.25, 0.3) is 11.8 Å². The maximum absolute atomic E-state index is 13.4. The monoisotopic (exact) mass is 435 g/mol. The fourth-order valence-electron chi connectivity index (χ4n) is 3.28. The summed E-state index contributed by atoms with van der Waals surface area (Å²) in [6.45, 7) is 0. The van der Waals surface area contributed by atoms with Crippen LogP contribution < -0.4 is 14.4 Å². The summed E-state index contributed by atoms with van der Waals surface area (Å²) < 4.78 is 24.1. The number of methoxy groups -OCH3 is 2. The van der Waals surface area contributed by atoms with Crippen molar-refractivity contribution in [3.63, 3.8) is 0 Å². The fraction of sp³-hybridized carbons (Fsp3) is 0.0833. The number of rotatable bonds is 6. The van der Waals surface area contributed by atoms with E-state index >= 15 is 0 Å². The second-order valence-corrected chi connectivity index (χ2v) is 7.69. The summed E-state index contributed by atoms with van der Waals surface area (Å²) in [5.41, 5.74) is 1.08. The molecule has 0 unspecified atom stereocenters. The molecule has 0 N–H and O–H groups in total. The molecular formula is C24H18FNO4S. The molecule has 0 bridgehead atoms. The molecule has 0 fully saturated rings. The van der Waals surface area contributed by atoms with E-state index in [9.17, 15) is 14.0 Å². The van der Waals surface area contributed by atoms with Crippen molar-refractivity contribution in [2.75, 3.05) is 19.1 Å². The Morgan fingerprint density at radius 2 is 1.48 bits per heavy atom. The fourth-order valence-corrected chi connectivity index (χ4v) is 4.30. The van der Waals surface area contributed by atoms with Crippen LogP contribution in [0.3, 0.4) is 0 Å². The van der Waals surface area contributed by atoms with Gasteiger partial charge < -0.3 is 9.47 Å². The minimum Gasteiger partial charge on any atom is -0.493 e. The number of halogens is 1. The second-order valence-electron chi connectivity index (χ2n) is 6.61. The molecule has 0 radical (unpaired) electrons. The Kier molecular flexibility index (Phi) is 5.77. The molecule has 1 aliphatic heterocycles. The van der Waals surface area contributed by atoms with Crippen molar-refractivity contribution < 1.29 is 23.5 Å². The smallest absolute Gasteiger partial charge is 0.272 e. The van der Waals surface area contributed by atoms with Gasteiger partial charge in [0.2, 0.25) is 0 Å². The van der Waals surface area contributed by atoms with E-state index in [2.05, 4.69) is 0 Å². The zero-order chi connectivity index (χ0) is 22.0. The lowest BCUT2D eigenvalue weighted by Crippen LogP contribution is -2.31. The van der Waals surface area contributed by atoms with Gasteiger partial charge in [-0.05, 0) is 54.1 Å². The number of anilines is 1. The lowest BCUT2D eigenvalue weighted by atomic mass is 10.1. The summed E-state index contributed by atoms with van der Waals surface area (Å²) in [4.78, 5) is 28.9. The van der Waals surface area contributed by atoms with Crippen LogP contribution in [0.4, 0.5) is 10.1 Å². The first-order valence-electron chi connectivity index (χ1n) is 9.37. The first kappa shape index (κ1) is 20.7. The van der Waals surface area contributed by atoms with Crippen molar-refractivity contribution in [2.45, 2.75) is 4.90 Å². The van der Waals surface area contributed by atoms with Crippen molar-refractivity contribution in [3.05, 3.63) is 89.1 Å². The van der Waals surface area contributed by atoms with Crippen LogP contribution in [-0.4, -0.2) is 26.0 Å². The Labute approximate surface area is 183 Å². The van der Waals surface area contributed by atoms with Crippen LogP contribution in [-0.2, 0) is 9.59 Å². The van der Waals surface area contributed by atoms with Crippen LogP contribution in [0.1, 0.15) is 5.56 Å². The predicted octanol–water partition coefficient (Wildman–Crippen LogP) is 4.92. The first-order chi connectivity index (χ1) is 15.0. The molecule has 3 aromatic rings. The van der Waals surface area contributed by atoms with Crippen LogP contribution in [0.25, 0.3) is 5.57 Å². The van der Waals surface area contributed by atoms with Crippen LogP contribution in [0, 0.1) is 5.82 Å². The lowest BCUT2D eigenvalue weighted by molar-refractivity contribution is -0.119. The predicted molar refractivity (Wildman–Crippen MR) is 118 cm³/mol. The second kappa shape index (κ2) is 8.65. The zero-order valence-electron chi connectivity index (χ0n) is 16.8. The Morgan fingerprint density at radius 1 is 0.806 bits per heavy atom. The Bertz CT molecular complexity index is 1180. The molecule has 0 spiro atoms. The molecule has 0 aromatic heterocycles. The largest absolute Gasteiger partial charge is 0.493 e. The standard InChI is InChI=1S/C24H18FNO4S/c1-29-19-13-8-15(14-20(19)30-2)21-22(31-18-6-4-3-5-7-18)24(28)26(23(21)27)17-11-9-16(25)10-12-17/h3-14H,1-2H3. The highest BCUT2D eigenvalue weighted by Gasteiger charge is 2.40. The Hall–Kier alpha value is -3.58. The normalized spacial score (nSPS) is 13.7. The summed E-state index contributed by atoms with van der Waals surface area (Å²) in [7, 11) is 3.02. The highest BCUT2D eigenvalue weighted by Crippen LogP contribution is 2.42. The number of benzene rings is 3. The third kappa shape index (κ3) is 3.92. The molecule has 3 aromatic carbocycles. The van der Waals surface area contributed by atoms with E-state index in [1.807, 2.05) is 30.3 Å². The number of imide groups is 1. The number of hydrogen-bond acceptors (Lipinski definition) is 5. The van der Waals surface area contributed by atoms with Gasteiger partial charge in [0.05, 0.1) is 30.4 Å². The highest BCUT2D eigenvalue weighted by atomic mass is 32.2. The molecule has 156 valence electrons. The molecule has 0 atom stereocenters. The molecule has 2 amide bonds.